The quantitative estimate of drug-likeness (QED) is 0.900. The molecule has 112 valence electrons. The number of aromatic nitrogens is 1. The van der Waals surface area contributed by atoms with E-state index in [1.807, 2.05) is 30.5 Å². The van der Waals surface area contributed by atoms with Gasteiger partial charge in [-0.3, -0.25) is 0 Å². The Morgan fingerprint density at radius 3 is 2.52 bits per heavy atom. The van der Waals surface area contributed by atoms with Crippen molar-refractivity contribution in [3.05, 3.63) is 48.2 Å². The Balaban J connectivity index is 2.02. The SMILES string of the molecule is COc1ccccc1Sc1ccc(CNC(C)(C)C)cn1. The van der Waals surface area contributed by atoms with Gasteiger partial charge in [0.05, 0.1) is 12.0 Å². The highest BCUT2D eigenvalue weighted by Crippen LogP contribution is 2.33. The molecule has 3 nitrogen and oxygen atoms in total. The number of benzene rings is 1. The third-order valence-corrected chi connectivity index (χ3v) is 3.91. The van der Waals surface area contributed by atoms with E-state index in [4.69, 9.17) is 4.74 Å². The number of para-hydroxylation sites is 1. The molecule has 0 atom stereocenters. The predicted molar refractivity (Wildman–Crippen MR) is 87.9 cm³/mol. The Morgan fingerprint density at radius 1 is 1.14 bits per heavy atom. The fourth-order valence-corrected chi connectivity index (χ4v) is 2.62. The molecule has 0 aliphatic heterocycles. The third-order valence-electron chi connectivity index (χ3n) is 2.90. The summed E-state index contributed by atoms with van der Waals surface area (Å²) in [7, 11) is 1.69. The first kappa shape index (κ1) is 15.9. The van der Waals surface area contributed by atoms with E-state index in [2.05, 4.69) is 43.2 Å². The molecule has 1 aromatic carbocycles. The van der Waals surface area contributed by atoms with Crippen molar-refractivity contribution in [1.82, 2.24) is 10.3 Å². The normalized spacial score (nSPS) is 11.4. The average Bonchev–Trinajstić information content (AvgIpc) is 2.46. The molecular weight excluding hydrogens is 280 g/mol. The maximum atomic E-state index is 5.36. The van der Waals surface area contributed by atoms with Gasteiger partial charge < -0.3 is 10.1 Å². The number of rotatable bonds is 5. The van der Waals surface area contributed by atoms with Crippen LogP contribution >= 0.6 is 11.8 Å². The van der Waals surface area contributed by atoms with Crippen molar-refractivity contribution < 1.29 is 4.74 Å². The maximum absolute atomic E-state index is 5.36. The van der Waals surface area contributed by atoms with E-state index in [1.165, 1.54) is 5.56 Å². The number of methoxy groups -OCH3 is 1. The van der Waals surface area contributed by atoms with Crippen LogP contribution in [0.15, 0.2) is 52.5 Å². The summed E-state index contributed by atoms with van der Waals surface area (Å²) >= 11 is 1.61. The van der Waals surface area contributed by atoms with Gasteiger partial charge in [0.15, 0.2) is 0 Å². The number of nitrogens with zero attached hydrogens (tertiary/aromatic N) is 1. The molecule has 0 fully saturated rings. The summed E-state index contributed by atoms with van der Waals surface area (Å²) in [5.41, 5.74) is 1.31. The second kappa shape index (κ2) is 6.96. The summed E-state index contributed by atoms with van der Waals surface area (Å²) in [6.45, 7) is 7.31. The highest BCUT2D eigenvalue weighted by molar-refractivity contribution is 7.99. The molecule has 0 spiro atoms. The van der Waals surface area contributed by atoms with E-state index in [0.717, 1.165) is 22.2 Å². The minimum absolute atomic E-state index is 0.116. The smallest absolute Gasteiger partial charge is 0.132 e. The summed E-state index contributed by atoms with van der Waals surface area (Å²) in [5, 5.41) is 4.43. The number of pyridine rings is 1. The Kier molecular flexibility index (Phi) is 5.26. The Morgan fingerprint density at radius 2 is 1.90 bits per heavy atom. The van der Waals surface area contributed by atoms with Gasteiger partial charge in [0.25, 0.3) is 0 Å². The van der Waals surface area contributed by atoms with Crippen LogP contribution in [0.5, 0.6) is 5.75 Å². The van der Waals surface area contributed by atoms with Crippen molar-refractivity contribution in [3.63, 3.8) is 0 Å². The molecule has 1 N–H and O–H groups in total. The van der Waals surface area contributed by atoms with Crippen LogP contribution in [0, 0.1) is 0 Å². The van der Waals surface area contributed by atoms with Crippen molar-refractivity contribution in [1.29, 1.82) is 0 Å². The first-order valence-corrected chi connectivity index (χ1v) is 7.80. The molecule has 21 heavy (non-hydrogen) atoms. The van der Waals surface area contributed by atoms with Gasteiger partial charge in [-0.1, -0.05) is 30.0 Å². The zero-order chi connectivity index (χ0) is 15.3. The van der Waals surface area contributed by atoms with Crippen LogP contribution in [0.3, 0.4) is 0 Å². The van der Waals surface area contributed by atoms with Gasteiger partial charge in [-0.2, -0.15) is 0 Å². The van der Waals surface area contributed by atoms with Crippen LogP contribution in [0.4, 0.5) is 0 Å². The summed E-state index contributed by atoms with van der Waals surface area (Å²) in [6.07, 6.45) is 1.93. The second-order valence-electron chi connectivity index (χ2n) is 5.86. The third kappa shape index (κ3) is 5.06. The maximum Gasteiger partial charge on any atom is 0.132 e. The van der Waals surface area contributed by atoms with Crippen molar-refractivity contribution in [2.75, 3.05) is 7.11 Å². The van der Waals surface area contributed by atoms with Crippen LogP contribution < -0.4 is 10.1 Å². The molecule has 4 heteroatoms. The average molecular weight is 302 g/mol. The summed E-state index contributed by atoms with van der Waals surface area (Å²) < 4.78 is 5.36. The van der Waals surface area contributed by atoms with E-state index in [0.29, 0.717) is 0 Å². The largest absolute Gasteiger partial charge is 0.496 e. The molecule has 0 aliphatic carbocycles. The van der Waals surface area contributed by atoms with Crippen LogP contribution in [0.2, 0.25) is 0 Å². The highest BCUT2D eigenvalue weighted by atomic mass is 32.2. The van der Waals surface area contributed by atoms with E-state index in [9.17, 15) is 0 Å². The van der Waals surface area contributed by atoms with Gasteiger partial charge in [0.2, 0.25) is 0 Å². The first-order valence-electron chi connectivity index (χ1n) is 6.99. The topological polar surface area (TPSA) is 34.1 Å². The molecule has 1 heterocycles. The van der Waals surface area contributed by atoms with Crippen molar-refractivity contribution in [2.24, 2.45) is 0 Å². The fourth-order valence-electron chi connectivity index (χ4n) is 1.76. The number of hydrogen-bond donors (Lipinski definition) is 1. The highest BCUT2D eigenvalue weighted by Gasteiger charge is 2.09. The Bertz CT molecular complexity index is 576. The molecule has 0 amide bonds. The van der Waals surface area contributed by atoms with Gasteiger partial charge in [-0.25, -0.2) is 4.98 Å². The molecular formula is C17H22N2OS. The summed E-state index contributed by atoms with van der Waals surface area (Å²) in [5.74, 6) is 0.878. The van der Waals surface area contributed by atoms with Crippen LogP contribution in [0.1, 0.15) is 26.3 Å². The van der Waals surface area contributed by atoms with Crippen molar-refractivity contribution in [2.45, 2.75) is 42.8 Å². The number of hydrogen-bond acceptors (Lipinski definition) is 4. The molecule has 2 rings (SSSR count). The number of nitrogens with one attached hydrogen (secondary N) is 1. The van der Waals surface area contributed by atoms with Gasteiger partial charge in [-0.15, -0.1) is 0 Å². The minimum Gasteiger partial charge on any atom is -0.496 e. The monoisotopic (exact) mass is 302 g/mol. The van der Waals surface area contributed by atoms with Gasteiger partial charge in [-0.05, 0) is 44.5 Å². The van der Waals surface area contributed by atoms with Gasteiger partial charge >= 0.3 is 0 Å². The zero-order valence-corrected chi connectivity index (χ0v) is 13.8. The number of ether oxygens (including phenoxy) is 1. The molecule has 0 saturated heterocycles. The van der Waals surface area contributed by atoms with Gasteiger partial charge in [0.1, 0.15) is 10.8 Å². The lowest BCUT2D eigenvalue weighted by atomic mass is 10.1. The summed E-state index contributed by atoms with van der Waals surface area (Å²) in [6, 6.07) is 12.1. The molecule has 0 saturated carbocycles. The fraction of sp³-hybridized carbons (Fsp3) is 0.353. The lowest BCUT2D eigenvalue weighted by Gasteiger charge is -2.20. The van der Waals surface area contributed by atoms with E-state index in [-0.39, 0.29) is 5.54 Å². The molecule has 0 bridgehead atoms. The lowest BCUT2D eigenvalue weighted by Crippen LogP contribution is -2.35. The Labute approximate surface area is 131 Å². The standard InChI is InChI=1S/C17H22N2OS/c1-17(2,3)19-12-13-9-10-16(18-11-13)21-15-8-6-5-7-14(15)20-4/h5-11,19H,12H2,1-4H3. The van der Waals surface area contributed by atoms with Crippen molar-refractivity contribution >= 4 is 11.8 Å². The van der Waals surface area contributed by atoms with Crippen LogP contribution in [-0.2, 0) is 6.54 Å². The second-order valence-corrected chi connectivity index (χ2v) is 6.92. The van der Waals surface area contributed by atoms with E-state index in [1.54, 1.807) is 18.9 Å². The first-order chi connectivity index (χ1) is 9.98. The molecule has 1 aromatic heterocycles. The van der Waals surface area contributed by atoms with Crippen LogP contribution in [-0.4, -0.2) is 17.6 Å². The Hall–Kier alpha value is -1.52. The minimum atomic E-state index is 0.116. The molecule has 0 radical (unpaired) electrons. The van der Waals surface area contributed by atoms with E-state index >= 15 is 0 Å². The predicted octanol–water partition coefficient (Wildman–Crippen LogP) is 4.13. The van der Waals surface area contributed by atoms with E-state index < -0.39 is 0 Å². The lowest BCUT2D eigenvalue weighted by molar-refractivity contribution is 0.405. The molecule has 0 unspecified atom stereocenters. The van der Waals surface area contributed by atoms with Gasteiger partial charge in [0, 0.05) is 18.3 Å². The molecule has 2 aromatic rings. The molecule has 0 aliphatic rings. The summed E-state index contributed by atoms with van der Waals surface area (Å²) in [4.78, 5) is 5.59. The van der Waals surface area contributed by atoms with Crippen molar-refractivity contribution in [3.8, 4) is 5.75 Å². The zero-order valence-electron chi connectivity index (χ0n) is 13.0. The van der Waals surface area contributed by atoms with Crippen LogP contribution in [0.25, 0.3) is 0 Å².